The van der Waals surface area contributed by atoms with Gasteiger partial charge in [-0.2, -0.15) is 0 Å². The van der Waals surface area contributed by atoms with Crippen molar-refractivity contribution in [2.24, 2.45) is 5.92 Å². The minimum Gasteiger partial charge on any atom is -0.486 e. The number of carbonyl (C=O) groups is 1. The molecule has 130 valence electrons. The lowest BCUT2D eigenvalue weighted by molar-refractivity contribution is -0.122. The van der Waals surface area contributed by atoms with Crippen molar-refractivity contribution < 1.29 is 19.0 Å². The van der Waals surface area contributed by atoms with Crippen molar-refractivity contribution in [1.82, 2.24) is 10.3 Å². The summed E-state index contributed by atoms with van der Waals surface area (Å²) in [6, 6.07) is 9.65. The number of rotatable bonds is 5. The molecule has 4 rings (SSSR count). The summed E-state index contributed by atoms with van der Waals surface area (Å²) in [5.41, 5.74) is 2.10. The summed E-state index contributed by atoms with van der Waals surface area (Å²) in [5, 5.41) is 3.00. The molecule has 2 atom stereocenters. The van der Waals surface area contributed by atoms with Crippen LogP contribution >= 0.6 is 0 Å². The van der Waals surface area contributed by atoms with E-state index in [0.29, 0.717) is 25.6 Å². The first kappa shape index (κ1) is 15.7. The Bertz CT molecular complexity index is 793. The minimum absolute atomic E-state index is 0.0197. The summed E-state index contributed by atoms with van der Waals surface area (Å²) >= 11 is 0. The van der Waals surface area contributed by atoms with Crippen molar-refractivity contribution in [1.29, 1.82) is 0 Å². The third kappa shape index (κ3) is 3.38. The van der Waals surface area contributed by atoms with Crippen LogP contribution in [0.1, 0.15) is 23.5 Å². The van der Waals surface area contributed by atoms with Crippen LogP contribution in [-0.2, 0) is 11.3 Å². The second kappa shape index (κ2) is 6.63. The molecular formula is C19H20N2O4. The molecule has 0 saturated heterocycles. The van der Waals surface area contributed by atoms with Crippen molar-refractivity contribution in [3.05, 3.63) is 47.7 Å². The predicted octanol–water partition coefficient (Wildman–Crippen LogP) is 2.28. The topological polar surface area (TPSA) is 69.7 Å². The van der Waals surface area contributed by atoms with E-state index in [-0.39, 0.29) is 17.7 Å². The Balaban J connectivity index is 1.35. The summed E-state index contributed by atoms with van der Waals surface area (Å²) < 4.78 is 16.3. The lowest BCUT2D eigenvalue weighted by Gasteiger charge is -2.18. The largest absolute Gasteiger partial charge is 0.486 e. The number of carbonyl (C=O) groups excluding carboxylic acids is 1. The molecule has 6 nitrogen and oxygen atoms in total. The molecule has 2 heterocycles. The number of amides is 1. The fourth-order valence-electron chi connectivity index (χ4n) is 3.14. The summed E-state index contributed by atoms with van der Waals surface area (Å²) in [6.45, 7) is 1.63. The molecule has 1 aromatic heterocycles. The SMILES string of the molecule is COc1cc(CNC(=O)[C@H]2C[C@@H]2c2ccc3c(c2)OCCO3)ccn1. The molecule has 0 spiro atoms. The third-order valence-corrected chi connectivity index (χ3v) is 4.60. The molecule has 0 radical (unpaired) electrons. The van der Waals surface area contributed by atoms with Gasteiger partial charge in [-0.25, -0.2) is 4.98 Å². The number of hydrogen-bond donors (Lipinski definition) is 1. The molecule has 25 heavy (non-hydrogen) atoms. The van der Waals surface area contributed by atoms with Crippen LogP contribution in [0.2, 0.25) is 0 Å². The maximum absolute atomic E-state index is 12.4. The van der Waals surface area contributed by atoms with Gasteiger partial charge in [0, 0.05) is 24.7 Å². The number of benzene rings is 1. The zero-order valence-corrected chi connectivity index (χ0v) is 14.0. The maximum Gasteiger partial charge on any atom is 0.224 e. The van der Waals surface area contributed by atoms with Crippen molar-refractivity contribution >= 4 is 5.91 Å². The molecule has 1 aliphatic carbocycles. The zero-order chi connectivity index (χ0) is 17.2. The monoisotopic (exact) mass is 340 g/mol. The van der Waals surface area contributed by atoms with Crippen LogP contribution in [0.3, 0.4) is 0 Å². The lowest BCUT2D eigenvalue weighted by Crippen LogP contribution is -2.24. The van der Waals surface area contributed by atoms with E-state index < -0.39 is 0 Å². The Hall–Kier alpha value is -2.76. The van der Waals surface area contributed by atoms with Crippen LogP contribution in [0.15, 0.2) is 36.5 Å². The summed E-state index contributed by atoms with van der Waals surface area (Å²) in [7, 11) is 1.58. The van der Waals surface area contributed by atoms with Gasteiger partial charge in [0.05, 0.1) is 7.11 Å². The first-order valence-corrected chi connectivity index (χ1v) is 8.41. The number of pyridine rings is 1. The smallest absolute Gasteiger partial charge is 0.224 e. The van der Waals surface area contributed by atoms with E-state index in [9.17, 15) is 4.79 Å². The van der Waals surface area contributed by atoms with Crippen LogP contribution in [0.5, 0.6) is 17.4 Å². The molecule has 1 aliphatic heterocycles. The van der Waals surface area contributed by atoms with Crippen LogP contribution < -0.4 is 19.5 Å². The van der Waals surface area contributed by atoms with E-state index in [1.54, 1.807) is 13.3 Å². The number of ether oxygens (including phenoxy) is 3. The molecule has 1 N–H and O–H groups in total. The highest BCUT2D eigenvalue weighted by atomic mass is 16.6. The highest BCUT2D eigenvalue weighted by Crippen LogP contribution is 2.49. The quantitative estimate of drug-likeness (QED) is 0.904. The molecule has 1 amide bonds. The fourth-order valence-corrected chi connectivity index (χ4v) is 3.14. The van der Waals surface area contributed by atoms with Crippen LogP contribution in [0, 0.1) is 5.92 Å². The fraction of sp³-hybridized carbons (Fsp3) is 0.368. The van der Waals surface area contributed by atoms with E-state index in [1.165, 1.54) is 0 Å². The second-order valence-corrected chi connectivity index (χ2v) is 6.28. The number of hydrogen-bond acceptors (Lipinski definition) is 5. The van der Waals surface area contributed by atoms with Crippen LogP contribution in [0.25, 0.3) is 0 Å². The van der Waals surface area contributed by atoms with Crippen molar-refractivity contribution in [2.75, 3.05) is 20.3 Å². The average molecular weight is 340 g/mol. The summed E-state index contributed by atoms with van der Waals surface area (Å²) in [5.74, 6) is 2.46. The third-order valence-electron chi connectivity index (χ3n) is 4.60. The summed E-state index contributed by atoms with van der Waals surface area (Å²) in [4.78, 5) is 16.5. The standard InChI is InChI=1S/C19H20N2O4/c1-23-18-8-12(4-5-20-18)11-21-19(22)15-10-14(15)13-2-3-16-17(9-13)25-7-6-24-16/h2-5,8-9,14-15H,6-7,10-11H2,1H3,(H,21,22)/t14-,15+/m1/s1. The van der Waals surface area contributed by atoms with Gasteiger partial charge in [0.15, 0.2) is 11.5 Å². The molecule has 1 fully saturated rings. The van der Waals surface area contributed by atoms with E-state index in [2.05, 4.69) is 10.3 Å². The van der Waals surface area contributed by atoms with E-state index >= 15 is 0 Å². The zero-order valence-electron chi connectivity index (χ0n) is 14.0. The molecule has 1 aromatic carbocycles. The van der Waals surface area contributed by atoms with E-state index in [4.69, 9.17) is 14.2 Å². The van der Waals surface area contributed by atoms with Crippen LogP contribution in [0.4, 0.5) is 0 Å². The van der Waals surface area contributed by atoms with Crippen molar-refractivity contribution in [3.63, 3.8) is 0 Å². The molecule has 0 bridgehead atoms. The van der Waals surface area contributed by atoms with Gasteiger partial charge in [-0.3, -0.25) is 4.79 Å². The van der Waals surface area contributed by atoms with Gasteiger partial charge in [0.25, 0.3) is 0 Å². The molecular weight excluding hydrogens is 320 g/mol. The van der Waals surface area contributed by atoms with Crippen molar-refractivity contribution in [3.8, 4) is 17.4 Å². The lowest BCUT2D eigenvalue weighted by atomic mass is 10.1. The highest BCUT2D eigenvalue weighted by Gasteiger charge is 2.44. The number of nitrogens with zero attached hydrogens (tertiary/aromatic N) is 1. The van der Waals surface area contributed by atoms with E-state index in [0.717, 1.165) is 29.0 Å². The number of fused-ring (bicyclic) bond motifs is 1. The van der Waals surface area contributed by atoms with Gasteiger partial charge in [-0.15, -0.1) is 0 Å². The molecule has 2 aliphatic rings. The number of nitrogens with one attached hydrogen (secondary N) is 1. The molecule has 2 aromatic rings. The predicted molar refractivity (Wildman–Crippen MR) is 90.9 cm³/mol. The van der Waals surface area contributed by atoms with Gasteiger partial charge in [0.2, 0.25) is 11.8 Å². The van der Waals surface area contributed by atoms with Gasteiger partial charge in [0.1, 0.15) is 13.2 Å². The Kier molecular flexibility index (Phi) is 4.17. The highest BCUT2D eigenvalue weighted by molar-refractivity contribution is 5.83. The Morgan fingerprint density at radius 1 is 1.24 bits per heavy atom. The average Bonchev–Trinajstić information content (AvgIpc) is 3.47. The number of aromatic nitrogens is 1. The molecule has 1 saturated carbocycles. The van der Waals surface area contributed by atoms with Crippen LogP contribution in [-0.4, -0.2) is 31.2 Å². The van der Waals surface area contributed by atoms with Gasteiger partial charge < -0.3 is 19.5 Å². The minimum atomic E-state index is 0.0197. The maximum atomic E-state index is 12.4. The normalized spacial score (nSPS) is 20.7. The van der Waals surface area contributed by atoms with Gasteiger partial charge >= 0.3 is 0 Å². The van der Waals surface area contributed by atoms with Gasteiger partial charge in [-0.1, -0.05) is 6.07 Å². The number of methoxy groups -OCH3 is 1. The first-order chi connectivity index (χ1) is 12.2. The Morgan fingerprint density at radius 2 is 2.08 bits per heavy atom. The van der Waals surface area contributed by atoms with Gasteiger partial charge in [-0.05, 0) is 41.7 Å². The molecule has 0 unspecified atom stereocenters. The first-order valence-electron chi connectivity index (χ1n) is 8.41. The summed E-state index contributed by atoms with van der Waals surface area (Å²) in [6.07, 6.45) is 2.54. The molecule has 6 heteroatoms. The Labute approximate surface area is 146 Å². The van der Waals surface area contributed by atoms with Crippen molar-refractivity contribution in [2.45, 2.75) is 18.9 Å². The Morgan fingerprint density at radius 3 is 2.92 bits per heavy atom. The van der Waals surface area contributed by atoms with E-state index in [1.807, 2.05) is 30.3 Å². The second-order valence-electron chi connectivity index (χ2n) is 6.28.